The molecule has 1 aliphatic rings. The minimum Gasteiger partial charge on any atom is -0.356 e. The van der Waals surface area contributed by atoms with Crippen LogP contribution in [0.25, 0.3) is 0 Å². The molecule has 3 heterocycles. The highest BCUT2D eigenvalue weighted by Crippen LogP contribution is 2.22. The van der Waals surface area contributed by atoms with Gasteiger partial charge in [0.25, 0.3) is 0 Å². The maximum atomic E-state index is 12.4. The second kappa shape index (κ2) is 7.92. The number of rotatable bonds is 5. The fraction of sp³-hybridized carbons (Fsp3) is 0.444. The summed E-state index contributed by atoms with van der Waals surface area (Å²) in [7, 11) is 3.86. The Morgan fingerprint density at radius 1 is 1.28 bits per heavy atom. The molecule has 1 saturated heterocycles. The van der Waals surface area contributed by atoms with Gasteiger partial charge >= 0.3 is 0 Å². The highest BCUT2D eigenvalue weighted by Gasteiger charge is 2.25. The third kappa shape index (κ3) is 4.43. The second-order valence-electron chi connectivity index (χ2n) is 6.45. The van der Waals surface area contributed by atoms with E-state index < -0.39 is 0 Å². The molecule has 1 aliphatic heterocycles. The first-order valence-corrected chi connectivity index (χ1v) is 8.55. The molecule has 1 amide bonds. The fourth-order valence-corrected chi connectivity index (χ4v) is 2.94. The molecule has 0 saturated carbocycles. The van der Waals surface area contributed by atoms with Crippen LogP contribution in [-0.2, 0) is 11.3 Å². The van der Waals surface area contributed by atoms with Crippen LogP contribution in [-0.4, -0.2) is 48.0 Å². The van der Waals surface area contributed by atoms with E-state index in [-0.39, 0.29) is 11.8 Å². The number of amides is 1. The van der Waals surface area contributed by atoms with Crippen molar-refractivity contribution in [3.63, 3.8) is 0 Å². The van der Waals surface area contributed by atoms with E-state index in [0.29, 0.717) is 12.5 Å². The zero-order valence-electron chi connectivity index (χ0n) is 14.7. The van der Waals surface area contributed by atoms with Crippen LogP contribution >= 0.6 is 0 Å². The van der Waals surface area contributed by atoms with Gasteiger partial charge in [0.2, 0.25) is 11.9 Å². The van der Waals surface area contributed by atoms with Crippen molar-refractivity contribution in [1.29, 1.82) is 0 Å². The molecule has 1 N–H and O–H groups in total. The lowest BCUT2D eigenvalue weighted by molar-refractivity contribution is -0.125. The first-order chi connectivity index (χ1) is 12.1. The molecular weight excluding hydrogens is 316 g/mol. The highest BCUT2D eigenvalue weighted by molar-refractivity contribution is 5.79. The first-order valence-electron chi connectivity index (χ1n) is 8.55. The Balaban J connectivity index is 1.51. The summed E-state index contributed by atoms with van der Waals surface area (Å²) in [6.45, 7) is 2.19. The van der Waals surface area contributed by atoms with Crippen molar-refractivity contribution in [3.8, 4) is 0 Å². The van der Waals surface area contributed by atoms with Crippen LogP contribution in [0.1, 0.15) is 18.4 Å². The van der Waals surface area contributed by atoms with Crippen molar-refractivity contribution >= 4 is 17.7 Å². The lowest BCUT2D eigenvalue weighted by Gasteiger charge is -2.32. The average Bonchev–Trinajstić information content (AvgIpc) is 2.67. The van der Waals surface area contributed by atoms with Gasteiger partial charge in [0.15, 0.2) is 0 Å². The van der Waals surface area contributed by atoms with E-state index in [4.69, 9.17) is 0 Å². The number of anilines is 2. The Kier molecular flexibility index (Phi) is 5.42. The predicted octanol–water partition coefficient (Wildman–Crippen LogP) is 1.47. The van der Waals surface area contributed by atoms with Crippen LogP contribution in [0.2, 0.25) is 0 Å². The molecule has 0 aliphatic carbocycles. The summed E-state index contributed by atoms with van der Waals surface area (Å²) in [5.74, 6) is 1.81. The number of hydrogen-bond donors (Lipinski definition) is 1. The molecule has 0 atom stereocenters. The Morgan fingerprint density at radius 2 is 2.08 bits per heavy atom. The molecule has 132 valence electrons. The second-order valence-corrected chi connectivity index (χ2v) is 6.45. The van der Waals surface area contributed by atoms with Gasteiger partial charge in [0.05, 0.1) is 0 Å². The minimum absolute atomic E-state index is 0.0584. The number of carbonyl (C=O) groups excluding carboxylic acids is 1. The highest BCUT2D eigenvalue weighted by atomic mass is 16.1. The fourth-order valence-electron chi connectivity index (χ4n) is 2.94. The van der Waals surface area contributed by atoms with E-state index in [1.165, 1.54) is 0 Å². The maximum Gasteiger partial charge on any atom is 0.226 e. The normalized spacial score (nSPS) is 15.0. The Labute approximate surface area is 148 Å². The molecule has 0 radical (unpaired) electrons. The van der Waals surface area contributed by atoms with Crippen LogP contribution in [0.15, 0.2) is 36.8 Å². The maximum absolute atomic E-state index is 12.4. The summed E-state index contributed by atoms with van der Waals surface area (Å²) < 4.78 is 0. The third-order valence-corrected chi connectivity index (χ3v) is 4.41. The van der Waals surface area contributed by atoms with Gasteiger partial charge in [0, 0.05) is 58.2 Å². The molecule has 3 rings (SSSR count). The third-order valence-electron chi connectivity index (χ3n) is 4.41. The van der Waals surface area contributed by atoms with Crippen molar-refractivity contribution in [2.45, 2.75) is 19.4 Å². The van der Waals surface area contributed by atoms with E-state index in [0.717, 1.165) is 37.3 Å². The molecule has 25 heavy (non-hydrogen) atoms. The molecular formula is C18H24N6O. The molecule has 0 unspecified atom stereocenters. The number of piperidine rings is 1. The number of hydrogen-bond acceptors (Lipinski definition) is 6. The van der Waals surface area contributed by atoms with Crippen molar-refractivity contribution < 1.29 is 4.79 Å². The van der Waals surface area contributed by atoms with Crippen molar-refractivity contribution in [2.75, 3.05) is 37.0 Å². The Bertz CT molecular complexity index is 698. The summed E-state index contributed by atoms with van der Waals surface area (Å²) in [4.78, 5) is 29.4. The van der Waals surface area contributed by atoms with Crippen LogP contribution in [0, 0.1) is 5.92 Å². The lowest BCUT2D eigenvalue weighted by atomic mass is 9.96. The Hall–Kier alpha value is -2.70. The van der Waals surface area contributed by atoms with Crippen LogP contribution in [0.5, 0.6) is 0 Å². The summed E-state index contributed by atoms with van der Waals surface area (Å²) in [5.41, 5.74) is 1.02. The van der Waals surface area contributed by atoms with Gasteiger partial charge in [-0.25, -0.2) is 4.98 Å². The van der Waals surface area contributed by atoms with Crippen LogP contribution in [0.3, 0.4) is 0 Å². The van der Waals surface area contributed by atoms with Gasteiger partial charge in [-0.3, -0.25) is 9.78 Å². The molecule has 2 aromatic rings. The zero-order valence-corrected chi connectivity index (χ0v) is 14.7. The van der Waals surface area contributed by atoms with Gasteiger partial charge in [-0.2, -0.15) is 4.98 Å². The standard InChI is InChI=1S/C18H24N6O/c1-23(2)18-20-9-5-16(22-18)24-10-6-15(7-11-24)17(25)21-13-14-4-3-8-19-12-14/h3-5,8-9,12,15H,6-7,10-11,13H2,1-2H3,(H,21,25). The summed E-state index contributed by atoms with van der Waals surface area (Å²) in [6, 6.07) is 5.77. The topological polar surface area (TPSA) is 74.2 Å². The largest absolute Gasteiger partial charge is 0.356 e. The predicted molar refractivity (Wildman–Crippen MR) is 97.4 cm³/mol. The van der Waals surface area contributed by atoms with Crippen LogP contribution < -0.4 is 15.1 Å². The van der Waals surface area contributed by atoms with E-state index in [1.807, 2.05) is 37.2 Å². The molecule has 0 aromatic carbocycles. The van der Waals surface area contributed by atoms with E-state index in [9.17, 15) is 4.79 Å². The summed E-state index contributed by atoms with van der Waals surface area (Å²) in [5, 5.41) is 3.02. The van der Waals surface area contributed by atoms with E-state index in [1.54, 1.807) is 18.6 Å². The number of nitrogens with one attached hydrogen (secondary N) is 1. The SMILES string of the molecule is CN(C)c1nccc(N2CCC(C(=O)NCc3cccnc3)CC2)n1. The zero-order chi connectivity index (χ0) is 17.6. The van der Waals surface area contributed by atoms with Gasteiger partial charge in [-0.15, -0.1) is 0 Å². The quantitative estimate of drug-likeness (QED) is 0.888. The molecule has 2 aromatic heterocycles. The van der Waals surface area contributed by atoms with Crippen molar-refractivity contribution in [3.05, 3.63) is 42.4 Å². The van der Waals surface area contributed by atoms with Gasteiger partial charge in [0.1, 0.15) is 5.82 Å². The first kappa shape index (κ1) is 17.1. The minimum atomic E-state index is 0.0584. The Morgan fingerprint density at radius 3 is 2.76 bits per heavy atom. The van der Waals surface area contributed by atoms with E-state index in [2.05, 4.69) is 25.2 Å². The van der Waals surface area contributed by atoms with Gasteiger partial charge < -0.3 is 15.1 Å². The lowest BCUT2D eigenvalue weighted by Crippen LogP contribution is -2.40. The number of pyridine rings is 1. The monoisotopic (exact) mass is 340 g/mol. The average molecular weight is 340 g/mol. The molecule has 7 heteroatoms. The smallest absolute Gasteiger partial charge is 0.226 e. The number of carbonyl (C=O) groups is 1. The van der Waals surface area contributed by atoms with E-state index >= 15 is 0 Å². The number of aromatic nitrogens is 3. The number of nitrogens with zero attached hydrogens (tertiary/aromatic N) is 5. The molecule has 1 fully saturated rings. The summed E-state index contributed by atoms with van der Waals surface area (Å²) >= 11 is 0. The van der Waals surface area contributed by atoms with Crippen molar-refractivity contribution in [1.82, 2.24) is 20.3 Å². The van der Waals surface area contributed by atoms with Crippen molar-refractivity contribution in [2.24, 2.45) is 5.92 Å². The van der Waals surface area contributed by atoms with Gasteiger partial charge in [-0.1, -0.05) is 6.07 Å². The molecule has 7 nitrogen and oxygen atoms in total. The molecule has 0 bridgehead atoms. The van der Waals surface area contributed by atoms with Crippen LogP contribution in [0.4, 0.5) is 11.8 Å². The molecule has 0 spiro atoms. The van der Waals surface area contributed by atoms with Gasteiger partial charge in [-0.05, 0) is 30.5 Å². The summed E-state index contributed by atoms with van der Waals surface area (Å²) in [6.07, 6.45) is 6.96.